The van der Waals surface area contributed by atoms with E-state index in [0.717, 1.165) is 15.7 Å². The van der Waals surface area contributed by atoms with E-state index in [1.807, 2.05) is 38.1 Å². The number of hydrogen-bond acceptors (Lipinski definition) is 2. The molecule has 0 atom stereocenters. The second kappa shape index (κ2) is 5.80. The Hall–Kier alpha value is -1.26. The Morgan fingerprint density at radius 1 is 1.11 bits per heavy atom. The number of carbonyl (C=O) groups is 1. The highest BCUT2D eigenvalue weighted by Crippen LogP contribution is 2.21. The van der Waals surface area contributed by atoms with E-state index >= 15 is 0 Å². The van der Waals surface area contributed by atoms with E-state index in [9.17, 15) is 4.79 Å². The summed E-state index contributed by atoms with van der Waals surface area (Å²) in [6.45, 7) is 4.07. The Balaban J connectivity index is 2.23. The van der Waals surface area contributed by atoms with Crippen LogP contribution in [0.15, 0.2) is 45.8 Å². The number of aryl methyl sites for hydroxylation is 2. The molecule has 0 unspecified atom stereocenters. The first-order chi connectivity index (χ1) is 8.97. The molecule has 0 aliphatic carbocycles. The summed E-state index contributed by atoms with van der Waals surface area (Å²) in [6, 6.07) is 11.2. The number of hydrogen-bond donors (Lipinski definition) is 2. The van der Waals surface area contributed by atoms with Crippen LogP contribution < -0.4 is 5.32 Å². The van der Waals surface area contributed by atoms with Crippen molar-refractivity contribution in [3.8, 4) is 0 Å². The molecule has 2 rings (SSSR count). The van der Waals surface area contributed by atoms with Gasteiger partial charge in [-0.25, -0.2) is 0 Å². The number of carbonyl (C=O) groups excluding carboxylic acids is 1. The molecule has 0 aromatic heterocycles. The monoisotopic (exact) mass is 335 g/mol. The highest BCUT2D eigenvalue weighted by Gasteiger charge is 2.10. The van der Waals surface area contributed by atoms with Crippen LogP contribution in [0.25, 0.3) is 0 Å². The number of benzene rings is 2. The van der Waals surface area contributed by atoms with Gasteiger partial charge in [-0.2, -0.15) is 0 Å². The molecule has 19 heavy (non-hydrogen) atoms. The topological polar surface area (TPSA) is 29.1 Å². The second-order valence-corrected chi connectivity index (χ2v) is 5.81. The van der Waals surface area contributed by atoms with E-state index in [1.54, 1.807) is 12.1 Å². The molecular formula is C15H14BrNOS. The number of halogens is 1. The Kier molecular flexibility index (Phi) is 4.32. The molecular weight excluding hydrogens is 322 g/mol. The number of rotatable bonds is 2. The molecule has 2 aromatic carbocycles. The maximum Gasteiger partial charge on any atom is 0.256 e. The Morgan fingerprint density at radius 2 is 1.84 bits per heavy atom. The van der Waals surface area contributed by atoms with Gasteiger partial charge in [-0.15, -0.1) is 12.6 Å². The Bertz CT molecular complexity index is 640. The summed E-state index contributed by atoms with van der Waals surface area (Å²) < 4.78 is 0.903. The second-order valence-electron chi connectivity index (χ2n) is 4.41. The van der Waals surface area contributed by atoms with Gasteiger partial charge in [-0.05, 0) is 55.3 Å². The lowest BCUT2D eigenvalue weighted by Crippen LogP contribution is -2.12. The predicted molar refractivity (Wildman–Crippen MR) is 85.3 cm³/mol. The maximum atomic E-state index is 12.2. The van der Waals surface area contributed by atoms with Crippen LogP contribution in [-0.4, -0.2) is 5.91 Å². The van der Waals surface area contributed by atoms with E-state index in [4.69, 9.17) is 0 Å². The van der Waals surface area contributed by atoms with Crippen molar-refractivity contribution in [2.24, 2.45) is 0 Å². The summed E-state index contributed by atoms with van der Waals surface area (Å²) >= 11 is 7.67. The average molecular weight is 336 g/mol. The van der Waals surface area contributed by atoms with Gasteiger partial charge in [0.15, 0.2) is 0 Å². The van der Waals surface area contributed by atoms with Gasteiger partial charge in [0.05, 0.1) is 5.56 Å². The van der Waals surface area contributed by atoms with E-state index < -0.39 is 0 Å². The smallest absolute Gasteiger partial charge is 0.256 e. The zero-order valence-electron chi connectivity index (χ0n) is 10.7. The van der Waals surface area contributed by atoms with Crippen LogP contribution in [-0.2, 0) is 0 Å². The summed E-state index contributed by atoms with van der Waals surface area (Å²) in [5.74, 6) is -0.152. The van der Waals surface area contributed by atoms with Crippen molar-refractivity contribution in [2.45, 2.75) is 18.7 Å². The van der Waals surface area contributed by atoms with Crippen molar-refractivity contribution in [1.29, 1.82) is 0 Å². The van der Waals surface area contributed by atoms with Crippen LogP contribution in [0.1, 0.15) is 21.5 Å². The number of nitrogens with one attached hydrogen (secondary N) is 1. The standard InChI is InChI=1S/C15H14BrNOS/c1-9-3-5-12(7-10(9)2)17-15(18)13-6-4-11(16)8-14(13)19/h3-8,19H,1-2H3,(H,17,18). The van der Waals surface area contributed by atoms with E-state index in [0.29, 0.717) is 10.5 Å². The molecule has 0 saturated heterocycles. The number of amides is 1. The first kappa shape index (κ1) is 14.2. The van der Waals surface area contributed by atoms with E-state index in [-0.39, 0.29) is 5.91 Å². The fraction of sp³-hybridized carbons (Fsp3) is 0.133. The van der Waals surface area contributed by atoms with Gasteiger partial charge in [0.1, 0.15) is 0 Å². The minimum absolute atomic E-state index is 0.152. The van der Waals surface area contributed by atoms with Gasteiger partial charge in [0.25, 0.3) is 5.91 Å². The lowest BCUT2D eigenvalue weighted by molar-refractivity contribution is 0.102. The molecule has 0 fully saturated rings. The molecule has 98 valence electrons. The summed E-state index contributed by atoms with van der Waals surface area (Å²) in [7, 11) is 0. The summed E-state index contributed by atoms with van der Waals surface area (Å²) in [4.78, 5) is 12.8. The zero-order chi connectivity index (χ0) is 14.0. The highest BCUT2D eigenvalue weighted by atomic mass is 79.9. The molecule has 4 heteroatoms. The summed E-state index contributed by atoms with van der Waals surface area (Å²) in [6.07, 6.45) is 0. The average Bonchev–Trinajstić information content (AvgIpc) is 2.33. The first-order valence-electron chi connectivity index (χ1n) is 5.84. The zero-order valence-corrected chi connectivity index (χ0v) is 13.2. The molecule has 1 N–H and O–H groups in total. The summed E-state index contributed by atoms with van der Waals surface area (Å²) in [5.41, 5.74) is 3.71. The minimum atomic E-state index is -0.152. The van der Waals surface area contributed by atoms with Crippen molar-refractivity contribution in [2.75, 3.05) is 5.32 Å². The quantitative estimate of drug-likeness (QED) is 0.771. The van der Waals surface area contributed by atoms with Crippen LogP contribution >= 0.6 is 28.6 Å². The van der Waals surface area contributed by atoms with Crippen molar-refractivity contribution in [3.05, 3.63) is 57.6 Å². The molecule has 2 aromatic rings. The Labute approximate surface area is 126 Å². The fourth-order valence-corrected chi connectivity index (χ4v) is 2.57. The van der Waals surface area contributed by atoms with Gasteiger partial charge in [-0.3, -0.25) is 4.79 Å². The molecule has 0 saturated carbocycles. The van der Waals surface area contributed by atoms with Crippen LogP contribution in [0.4, 0.5) is 5.69 Å². The normalized spacial score (nSPS) is 10.3. The number of thiol groups is 1. The lowest BCUT2D eigenvalue weighted by atomic mass is 10.1. The van der Waals surface area contributed by atoms with Crippen molar-refractivity contribution < 1.29 is 4.79 Å². The molecule has 1 amide bonds. The number of anilines is 1. The molecule has 0 aliphatic heterocycles. The van der Waals surface area contributed by atoms with Crippen molar-refractivity contribution in [3.63, 3.8) is 0 Å². The lowest BCUT2D eigenvalue weighted by Gasteiger charge is -2.09. The van der Waals surface area contributed by atoms with Crippen molar-refractivity contribution in [1.82, 2.24) is 0 Å². The fourth-order valence-electron chi connectivity index (χ4n) is 1.71. The van der Waals surface area contributed by atoms with Gasteiger partial charge >= 0.3 is 0 Å². The van der Waals surface area contributed by atoms with Crippen LogP contribution in [0.3, 0.4) is 0 Å². The van der Waals surface area contributed by atoms with Gasteiger partial charge < -0.3 is 5.32 Å². The minimum Gasteiger partial charge on any atom is -0.322 e. The van der Waals surface area contributed by atoms with Gasteiger partial charge in [0.2, 0.25) is 0 Å². The van der Waals surface area contributed by atoms with Crippen LogP contribution in [0.5, 0.6) is 0 Å². The van der Waals surface area contributed by atoms with Gasteiger partial charge in [0, 0.05) is 15.1 Å². The first-order valence-corrected chi connectivity index (χ1v) is 7.08. The third-order valence-corrected chi connectivity index (χ3v) is 3.83. The summed E-state index contributed by atoms with van der Waals surface area (Å²) in [5, 5.41) is 2.88. The van der Waals surface area contributed by atoms with E-state index in [2.05, 4.69) is 33.9 Å². The molecule has 0 heterocycles. The molecule has 0 bridgehead atoms. The van der Waals surface area contributed by atoms with Crippen molar-refractivity contribution >= 4 is 40.2 Å². The molecule has 0 radical (unpaired) electrons. The molecule has 0 aliphatic rings. The largest absolute Gasteiger partial charge is 0.322 e. The van der Waals surface area contributed by atoms with Crippen LogP contribution in [0.2, 0.25) is 0 Å². The molecule has 2 nitrogen and oxygen atoms in total. The third-order valence-electron chi connectivity index (χ3n) is 2.97. The van der Waals surface area contributed by atoms with Crippen LogP contribution in [0, 0.1) is 13.8 Å². The predicted octanol–water partition coefficient (Wildman–Crippen LogP) is 4.61. The maximum absolute atomic E-state index is 12.2. The van der Waals surface area contributed by atoms with Gasteiger partial charge in [-0.1, -0.05) is 22.0 Å². The Morgan fingerprint density at radius 3 is 2.47 bits per heavy atom. The molecule has 0 spiro atoms. The highest BCUT2D eigenvalue weighted by molar-refractivity contribution is 9.10. The van der Waals surface area contributed by atoms with E-state index in [1.165, 1.54) is 5.56 Å². The third kappa shape index (κ3) is 3.39. The SMILES string of the molecule is Cc1ccc(NC(=O)c2ccc(Br)cc2S)cc1C.